The van der Waals surface area contributed by atoms with E-state index in [1.807, 2.05) is 36.1 Å². The lowest BCUT2D eigenvalue weighted by Gasteiger charge is -2.34. The van der Waals surface area contributed by atoms with Crippen molar-refractivity contribution in [1.29, 1.82) is 0 Å². The summed E-state index contributed by atoms with van der Waals surface area (Å²) in [6, 6.07) is 16.1. The number of carboxylic acid groups (broad SMARTS) is 1. The Labute approximate surface area is 205 Å². The molecular formula is C27H33N3O5. The topological polar surface area (TPSA) is 99.2 Å². The van der Waals surface area contributed by atoms with Crippen LogP contribution in [-0.4, -0.2) is 78.2 Å². The quantitative estimate of drug-likeness (QED) is 0.573. The number of aliphatic carboxylic acids is 1. The van der Waals surface area contributed by atoms with Gasteiger partial charge in [0.2, 0.25) is 5.91 Å². The van der Waals surface area contributed by atoms with Crippen LogP contribution in [0.3, 0.4) is 0 Å². The van der Waals surface area contributed by atoms with Crippen LogP contribution < -0.4 is 5.32 Å². The van der Waals surface area contributed by atoms with Gasteiger partial charge in [-0.15, -0.1) is 0 Å². The molecule has 4 rings (SSSR count). The third-order valence-corrected chi connectivity index (χ3v) is 6.81. The molecule has 1 atom stereocenters. The Kier molecular flexibility index (Phi) is 8.02. The Balaban J connectivity index is 1.30. The Morgan fingerprint density at radius 3 is 2.17 bits per heavy atom. The predicted molar refractivity (Wildman–Crippen MR) is 132 cm³/mol. The van der Waals surface area contributed by atoms with Crippen LogP contribution in [0.15, 0.2) is 48.5 Å². The fourth-order valence-corrected chi connectivity index (χ4v) is 5.07. The zero-order valence-electron chi connectivity index (χ0n) is 20.1. The maximum absolute atomic E-state index is 12.8. The third kappa shape index (κ3) is 6.00. The first-order chi connectivity index (χ1) is 17.0. The number of hydrogen-bond acceptors (Lipinski definition) is 5. The Morgan fingerprint density at radius 2 is 1.60 bits per heavy atom. The summed E-state index contributed by atoms with van der Waals surface area (Å²) in [4.78, 5) is 40.0. The zero-order valence-corrected chi connectivity index (χ0v) is 20.1. The van der Waals surface area contributed by atoms with Crippen molar-refractivity contribution in [3.8, 4) is 11.1 Å². The monoisotopic (exact) mass is 479 g/mol. The number of piperazine rings is 1. The molecule has 1 fully saturated rings. The number of carbonyl (C=O) groups excluding carboxylic acids is 2. The lowest BCUT2D eigenvalue weighted by atomic mass is 9.98. The van der Waals surface area contributed by atoms with Crippen molar-refractivity contribution in [2.75, 3.05) is 39.3 Å². The minimum atomic E-state index is -0.861. The van der Waals surface area contributed by atoms with Gasteiger partial charge in [0.25, 0.3) is 0 Å². The molecule has 1 heterocycles. The molecule has 8 nitrogen and oxygen atoms in total. The number of benzene rings is 2. The van der Waals surface area contributed by atoms with Crippen LogP contribution in [0.2, 0.25) is 0 Å². The maximum atomic E-state index is 12.8. The van der Waals surface area contributed by atoms with Crippen LogP contribution in [0, 0.1) is 0 Å². The highest BCUT2D eigenvalue weighted by atomic mass is 16.5. The summed E-state index contributed by atoms with van der Waals surface area (Å²) in [5, 5.41) is 11.8. The molecular weight excluding hydrogens is 446 g/mol. The second-order valence-corrected chi connectivity index (χ2v) is 9.21. The number of hydrogen-bond donors (Lipinski definition) is 2. The summed E-state index contributed by atoms with van der Waals surface area (Å²) in [5.41, 5.74) is 4.66. The van der Waals surface area contributed by atoms with Crippen molar-refractivity contribution in [3.05, 3.63) is 59.7 Å². The number of nitrogens with zero attached hydrogens (tertiary/aromatic N) is 2. The standard InChI is InChI=1S/C27H33N3O5/c1-2-7-19(16-25(31)30-14-12-29(13-15-30)17-26(32)33)28-27(34)35-18-24-22-10-5-3-8-20(22)21-9-4-6-11-23(21)24/h3-6,8-11,19,24H,2,7,12-18H2,1H3,(H,28,34)(H,32,33)/t19-/m0/s1. The number of alkyl carbamates (subject to hydrolysis) is 1. The van der Waals surface area contributed by atoms with Crippen molar-refractivity contribution in [1.82, 2.24) is 15.1 Å². The van der Waals surface area contributed by atoms with E-state index in [0.717, 1.165) is 17.5 Å². The molecule has 0 radical (unpaired) electrons. The van der Waals surface area contributed by atoms with E-state index in [9.17, 15) is 14.4 Å². The predicted octanol–water partition coefficient (Wildman–Crippen LogP) is 3.31. The van der Waals surface area contributed by atoms with E-state index in [-0.39, 0.29) is 37.4 Å². The van der Waals surface area contributed by atoms with E-state index in [2.05, 4.69) is 29.6 Å². The lowest BCUT2D eigenvalue weighted by molar-refractivity contribution is -0.139. The summed E-state index contributed by atoms with van der Waals surface area (Å²) in [7, 11) is 0. The highest BCUT2D eigenvalue weighted by Crippen LogP contribution is 2.44. The van der Waals surface area contributed by atoms with Gasteiger partial charge in [0.15, 0.2) is 0 Å². The average Bonchev–Trinajstić information content (AvgIpc) is 3.16. The minimum Gasteiger partial charge on any atom is -0.480 e. The van der Waals surface area contributed by atoms with Gasteiger partial charge in [0.1, 0.15) is 6.61 Å². The molecule has 35 heavy (non-hydrogen) atoms. The van der Waals surface area contributed by atoms with Gasteiger partial charge in [-0.25, -0.2) is 4.79 Å². The SMILES string of the molecule is CCC[C@@H](CC(=O)N1CCN(CC(=O)O)CC1)NC(=O)OCC1c2ccccc2-c2ccccc21. The van der Waals surface area contributed by atoms with E-state index in [0.29, 0.717) is 32.6 Å². The molecule has 2 amide bonds. The summed E-state index contributed by atoms with van der Waals surface area (Å²) >= 11 is 0. The Morgan fingerprint density at radius 1 is 1.00 bits per heavy atom. The van der Waals surface area contributed by atoms with Crippen molar-refractivity contribution < 1.29 is 24.2 Å². The normalized spacial score (nSPS) is 16.3. The number of rotatable bonds is 9. The molecule has 2 aliphatic rings. The molecule has 2 N–H and O–H groups in total. The van der Waals surface area contributed by atoms with E-state index >= 15 is 0 Å². The molecule has 0 saturated carbocycles. The lowest BCUT2D eigenvalue weighted by Crippen LogP contribution is -2.51. The molecule has 2 aromatic rings. The molecule has 8 heteroatoms. The van der Waals surface area contributed by atoms with E-state index in [1.54, 1.807) is 4.90 Å². The highest BCUT2D eigenvalue weighted by Gasteiger charge is 2.30. The fraction of sp³-hybridized carbons (Fsp3) is 0.444. The molecule has 0 unspecified atom stereocenters. The summed E-state index contributed by atoms with van der Waals surface area (Å²) < 4.78 is 5.66. The van der Waals surface area contributed by atoms with Crippen molar-refractivity contribution in [2.45, 2.75) is 38.1 Å². The number of carboxylic acids is 1. The van der Waals surface area contributed by atoms with Gasteiger partial charge >= 0.3 is 12.1 Å². The molecule has 2 aromatic carbocycles. The van der Waals surface area contributed by atoms with Crippen LogP contribution in [0.4, 0.5) is 4.79 Å². The van der Waals surface area contributed by atoms with Crippen LogP contribution >= 0.6 is 0 Å². The van der Waals surface area contributed by atoms with Gasteiger partial charge in [-0.2, -0.15) is 0 Å². The van der Waals surface area contributed by atoms with Crippen LogP contribution in [0.1, 0.15) is 43.2 Å². The molecule has 0 aromatic heterocycles. The van der Waals surface area contributed by atoms with Crippen molar-refractivity contribution in [3.63, 3.8) is 0 Å². The number of nitrogens with one attached hydrogen (secondary N) is 1. The van der Waals surface area contributed by atoms with Gasteiger partial charge in [0, 0.05) is 44.6 Å². The van der Waals surface area contributed by atoms with E-state index < -0.39 is 12.1 Å². The van der Waals surface area contributed by atoms with Crippen LogP contribution in [0.25, 0.3) is 11.1 Å². The fourth-order valence-electron chi connectivity index (χ4n) is 5.07. The highest BCUT2D eigenvalue weighted by molar-refractivity contribution is 5.80. The maximum Gasteiger partial charge on any atom is 0.407 e. The second kappa shape index (κ2) is 11.4. The Bertz CT molecular complexity index is 1020. The number of fused-ring (bicyclic) bond motifs is 3. The van der Waals surface area contributed by atoms with Gasteiger partial charge in [-0.05, 0) is 28.7 Å². The van der Waals surface area contributed by atoms with Crippen LogP contribution in [-0.2, 0) is 14.3 Å². The first-order valence-electron chi connectivity index (χ1n) is 12.3. The molecule has 0 spiro atoms. The van der Waals surface area contributed by atoms with Crippen molar-refractivity contribution in [2.24, 2.45) is 0 Å². The average molecular weight is 480 g/mol. The van der Waals surface area contributed by atoms with E-state index in [4.69, 9.17) is 9.84 Å². The first kappa shape index (κ1) is 24.7. The van der Waals surface area contributed by atoms with E-state index in [1.165, 1.54) is 11.1 Å². The third-order valence-electron chi connectivity index (χ3n) is 6.81. The summed E-state index contributed by atoms with van der Waals surface area (Å²) in [6.07, 6.45) is 1.20. The number of carbonyl (C=O) groups is 3. The van der Waals surface area contributed by atoms with Gasteiger partial charge in [0.05, 0.1) is 6.54 Å². The summed E-state index contributed by atoms with van der Waals surface area (Å²) in [6.45, 7) is 4.31. The Hall–Kier alpha value is -3.39. The first-order valence-corrected chi connectivity index (χ1v) is 12.3. The van der Waals surface area contributed by atoms with Gasteiger partial charge in [-0.1, -0.05) is 61.9 Å². The minimum absolute atomic E-state index is 0.0101. The molecule has 1 aliphatic carbocycles. The number of ether oxygens (including phenoxy) is 1. The van der Waals surface area contributed by atoms with Crippen LogP contribution in [0.5, 0.6) is 0 Å². The molecule has 1 saturated heterocycles. The van der Waals surface area contributed by atoms with Gasteiger partial charge in [-0.3, -0.25) is 14.5 Å². The zero-order chi connectivity index (χ0) is 24.8. The van der Waals surface area contributed by atoms with Crippen molar-refractivity contribution >= 4 is 18.0 Å². The molecule has 186 valence electrons. The number of amides is 2. The molecule has 1 aliphatic heterocycles. The van der Waals surface area contributed by atoms with Gasteiger partial charge < -0.3 is 20.1 Å². The molecule has 0 bridgehead atoms. The summed E-state index contributed by atoms with van der Waals surface area (Å²) in [5.74, 6) is -0.904. The second-order valence-electron chi connectivity index (χ2n) is 9.21. The smallest absolute Gasteiger partial charge is 0.407 e. The largest absolute Gasteiger partial charge is 0.480 e.